The predicted molar refractivity (Wildman–Crippen MR) is 122 cm³/mol. The number of amides is 1. The zero-order valence-corrected chi connectivity index (χ0v) is 18.1. The second-order valence-corrected chi connectivity index (χ2v) is 8.32. The van der Waals surface area contributed by atoms with E-state index in [-0.39, 0.29) is 5.91 Å². The summed E-state index contributed by atoms with van der Waals surface area (Å²) in [6, 6.07) is 16.8. The minimum atomic E-state index is 0.207. The fourth-order valence-electron chi connectivity index (χ4n) is 3.92. The molecule has 0 aliphatic carbocycles. The molecule has 2 aromatic carbocycles. The molecule has 1 amide bonds. The van der Waals surface area contributed by atoms with E-state index in [2.05, 4.69) is 84.4 Å². The molecule has 1 aromatic heterocycles. The highest BCUT2D eigenvalue weighted by Crippen LogP contribution is 2.24. The van der Waals surface area contributed by atoms with Gasteiger partial charge in [-0.2, -0.15) is 5.10 Å². The fourth-order valence-corrected chi connectivity index (χ4v) is 3.92. The van der Waals surface area contributed by atoms with Crippen LogP contribution in [0.2, 0.25) is 0 Å². The monoisotopic (exact) mass is 402 g/mol. The summed E-state index contributed by atoms with van der Waals surface area (Å²) in [6.45, 7) is 9.57. The van der Waals surface area contributed by atoms with Gasteiger partial charge in [-0.1, -0.05) is 42.0 Å². The molecule has 3 aromatic rings. The molecule has 2 heterocycles. The number of nitrogens with zero attached hydrogens (tertiary/aromatic N) is 3. The number of aromatic amines is 1. The molecule has 1 aliphatic rings. The van der Waals surface area contributed by atoms with E-state index in [1.54, 1.807) is 0 Å². The lowest BCUT2D eigenvalue weighted by Crippen LogP contribution is -2.36. The molecule has 1 N–H and O–H groups in total. The highest BCUT2D eigenvalue weighted by Gasteiger charge is 2.21. The first-order valence-corrected chi connectivity index (χ1v) is 10.7. The van der Waals surface area contributed by atoms with Gasteiger partial charge in [0.25, 0.3) is 0 Å². The van der Waals surface area contributed by atoms with E-state index in [9.17, 15) is 4.79 Å². The number of hydrogen-bond donors (Lipinski definition) is 1. The number of benzene rings is 2. The maximum absolute atomic E-state index is 12.8. The predicted octanol–water partition coefficient (Wildman–Crippen LogP) is 4.28. The van der Waals surface area contributed by atoms with Crippen molar-refractivity contribution in [1.82, 2.24) is 15.1 Å². The van der Waals surface area contributed by atoms with Gasteiger partial charge in [0.2, 0.25) is 5.91 Å². The summed E-state index contributed by atoms with van der Waals surface area (Å²) in [4.78, 5) is 17.1. The SMILES string of the molecule is Cc1ccc(CC(=O)N2CCCN(c3cc(-c4ccc(C)c(C)c4)[nH]n3)CC2)cc1. The molecule has 5 nitrogen and oxygen atoms in total. The highest BCUT2D eigenvalue weighted by atomic mass is 16.2. The lowest BCUT2D eigenvalue weighted by atomic mass is 10.0. The number of nitrogens with one attached hydrogen (secondary N) is 1. The number of aryl methyl sites for hydroxylation is 3. The van der Waals surface area contributed by atoms with Gasteiger partial charge in [-0.3, -0.25) is 9.89 Å². The third kappa shape index (κ3) is 4.56. The number of rotatable bonds is 4. The van der Waals surface area contributed by atoms with Crippen molar-refractivity contribution in [2.45, 2.75) is 33.6 Å². The smallest absolute Gasteiger partial charge is 0.227 e. The van der Waals surface area contributed by atoms with Crippen LogP contribution in [0, 0.1) is 20.8 Å². The number of carbonyl (C=O) groups is 1. The van der Waals surface area contributed by atoms with Gasteiger partial charge in [0.15, 0.2) is 5.82 Å². The molecule has 0 radical (unpaired) electrons. The van der Waals surface area contributed by atoms with Gasteiger partial charge in [0, 0.05) is 32.2 Å². The van der Waals surface area contributed by atoms with Gasteiger partial charge >= 0.3 is 0 Å². The third-order valence-electron chi connectivity index (χ3n) is 6.03. The van der Waals surface area contributed by atoms with Gasteiger partial charge in [-0.15, -0.1) is 0 Å². The van der Waals surface area contributed by atoms with Crippen LogP contribution < -0.4 is 4.90 Å². The molecule has 0 saturated carbocycles. The van der Waals surface area contributed by atoms with Crippen molar-refractivity contribution in [1.29, 1.82) is 0 Å². The summed E-state index contributed by atoms with van der Waals surface area (Å²) in [7, 11) is 0. The maximum atomic E-state index is 12.8. The summed E-state index contributed by atoms with van der Waals surface area (Å²) in [5.74, 6) is 1.16. The first-order chi connectivity index (χ1) is 14.5. The molecule has 0 unspecified atom stereocenters. The number of hydrogen-bond acceptors (Lipinski definition) is 3. The van der Waals surface area contributed by atoms with Crippen molar-refractivity contribution in [3.63, 3.8) is 0 Å². The molecule has 0 bridgehead atoms. The Bertz CT molecular complexity index is 1020. The Labute approximate surface area is 178 Å². The van der Waals surface area contributed by atoms with Crippen LogP contribution in [0.1, 0.15) is 28.7 Å². The number of aromatic nitrogens is 2. The Kier molecular flexibility index (Phi) is 5.88. The maximum Gasteiger partial charge on any atom is 0.227 e. The van der Waals surface area contributed by atoms with E-state index >= 15 is 0 Å². The van der Waals surface area contributed by atoms with Crippen molar-refractivity contribution in [3.05, 3.63) is 70.8 Å². The van der Waals surface area contributed by atoms with Crippen LogP contribution in [0.4, 0.5) is 5.82 Å². The van der Waals surface area contributed by atoms with Gasteiger partial charge in [-0.25, -0.2) is 0 Å². The Morgan fingerprint density at radius 3 is 2.50 bits per heavy atom. The van der Waals surface area contributed by atoms with Crippen LogP contribution in [0.5, 0.6) is 0 Å². The second kappa shape index (κ2) is 8.74. The number of anilines is 1. The Morgan fingerprint density at radius 1 is 0.933 bits per heavy atom. The highest BCUT2D eigenvalue weighted by molar-refractivity contribution is 5.79. The van der Waals surface area contributed by atoms with Crippen molar-refractivity contribution in [2.75, 3.05) is 31.1 Å². The van der Waals surface area contributed by atoms with Crippen LogP contribution >= 0.6 is 0 Å². The standard InChI is InChI=1S/C25H30N4O/c1-18-5-8-21(9-6-18)16-25(30)29-12-4-11-28(13-14-29)24-17-23(26-27-24)22-10-7-19(2)20(3)15-22/h5-10,15,17H,4,11-14,16H2,1-3H3,(H,26,27). The van der Waals surface area contributed by atoms with Crippen molar-refractivity contribution in [2.24, 2.45) is 0 Å². The first kappa shape index (κ1) is 20.2. The van der Waals surface area contributed by atoms with Crippen LogP contribution in [-0.2, 0) is 11.2 Å². The summed E-state index contributed by atoms with van der Waals surface area (Å²) < 4.78 is 0. The van der Waals surface area contributed by atoms with Gasteiger partial charge < -0.3 is 9.80 Å². The van der Waals surface area contributed by atoms with Crippen molar-refractivity contribution >= 4 is 11.7 Å². The van der Waals surface area contributed by atoms with Crippen LogP contribution in [0.25, 0.3) is 11.3 Å². The molecule has 5 heteroatoms. The summed E-state index contributed by atoms with van der Waals surface area (Å²) in [5.41, 5.74) is 7.06. The normalized spacial score (nSPS) is 14.6. The minimum Gasteiger partial charge on any atom is -0.353 e. The summed E-state index contributed by atoms with van der Waals surface area (Å²) >= 11 is 0. The minimum absolute atomic E-state index is 0.207. The Balaban J connectivity index is 1.39. The topological polar surface area (TPSA) is 52.2 Å². The number of H-pyrrole nitrogens is 1. The summed E-state index contributed by atoms with van der Waals surface area (Å²) in [5, 5.41) is 7.74. The largest absolute Gasteiger partial charge is 0.353 e. The zero-order valence-electron chi connectivity index (χ0n) is 18.1. The average molecular weight is 403 g/mol. The van der Waals surface area contributed by atoms with Gasteiger partial charge in [-0.05, 0) is 55.5 Å². The van der Waals surface area contributed by atoms with E-state index in [4.69, 9.17) is 0 Å². The van der Waals surface area contributed by atoms with Crippen molar-refractivity contribution < 1.29 is 4.79 Å². The van der Waals surface area contributed by atoms with Crippen LogP contribution in [0.3, 0.4) is 0 Å². The molecular weight excluding hydrogens is 372 g/mol. The van der Waals surface area contributed by atoms with Gasteiger partial charge in [0.05, 0.1) is 12.1 Å². The number of carbonyl (C=O) groups excluding carboxylic acids is 1. The molecule has 156 valence electrons. The van der Waals surface area contributed by atoms with E-state index < -0.39 is 0 Å². The first-order valence-electron chi connectivity index (χ1n) is 10.7. The van der Waals surface area contributed by atoms with Gasteiger partial charge in [0.1, 0.15) is 0 Å². The van der Waals surface area contributed by atoms with Crippen LogP contribution in [-0.4, -0.2) is 47.2 Å². The van der Waals surface area contributed by atoms with E-state index in [0.29, 0.717) is 6.42 Å². The molecule has 0 atom stereocenters. The Morgan fingerprint density at radius 2 is 1.73 bits per heavy atom. The second-order valence-electron chi connectivity index (χ2n) is 8.32. The lowest BCUT2D eigenvalue weighted by Gasteiger charge is -2.22. The zero-order chi connectivity index (χ0) is 21.1. The third-order valence-corrected chi connectivity index (χ3v) is 6.03. The molecule has 4 rings (SSSR count). The quantitative estimate of drug-likeness (QED) is 0.709. The fraction of sp³-hybridized carbons (Fsp3) is 0.360. The summed E-state index contributed by atoms with van der Waals surface area (Å²) in [6.07, 6.45) is 1.42. The molecular formula is C25H30N4O. The molecule has 30 heavy (non-hydrogen) atoms. The van der Waals surface area contributed by atoms with Crippen molar-refractivity contribution in [3.8, 4) is 11.3 Å². The molecule has 1 saturated heterocycles. The van der Waals surface area contributed by atoms with Crippen LogP contribution in [0.15, 0.2) is 48.5 Å². The lowest BCUT2D eigenvalue weighted by molar-refractivity contribution is -0.130. The molecule has 0 spiro atoms. The Hall–Kier alpha value is -3.08. The van der Waals surface area contributed by atoms with E-state index in [0.717, 1.165) is 55.2 Å². The average Bonchev–Trinajstić information content (AvgIpc) is 3.09. The molecule has 1 aliphatic heterocycles. The van der Waals surface area contributed by atoms with E-state index in [1.165, 1.54) is 16.7 Å². The van der Waals surface area contributed by atoms with E-state index in [1.807, 2.05) is 4.90 Å². The molecule has 1 fully saturated rings.